The first-order valence-electron chi connectivity index (χ1n) is 6.60. The topological polar surface area (TPSA) is 84.8 Å². The van der Waals surface area contributed by atoms with E-state index in [4.69, 9.17) is 0 Å². The maximum atomic E-state index is 12.5. The fourth-order valence-corrected chi connectivity index (χ4v) is 2.84. The standard InChI is InChI=1S/C16H11N2O3/c19-15-14-13(9-5-1-3-7-11(9)17-14)18-12-8-4-2-6-10(12)16(15,20)21/h1-8,14,17,20H/q-1. The monoisotopic (exact) mass is 279 g/mol. The molecule has 0 aliphatic carbocycles. The highest BCUT2D eigenvalue weighted by atomic mass is 16.5. The summed E-state index contributed by atoms with van der Waals surface area (Å²) in [4.78, 5) is 16.9. The van der Waals surface area contributed by atoms with E-state index in [0.29, 0.717) is 11.4 Å². The number of nitrogens with zero attached hydrogens (tertiary/aromatic N) is 1. The molecule has 21 heavy (non-hydrogen) atoms. The van der Waals surface area contributed by atoms with Crippen molar-refractivity contribution in [3.8, 4) is 0 Å². The molecule has 0 spiro atoms. The van der Waals surface area contributed by atoms with Crippen LogP contribution in [0.15, 0.2) is 53.5 Å². The van der Waals surface area contributed by atoms with Gasteiger partial charge in [0.1, 0.15) is 6.04 Å². The maximum absolute atomic E-state index is 12.5. The van der Waals surface area contributed by atoms with Crippen LogP contribution in [0.5, 0.6) is 0 Å². The van der Waals surface area contributed by atoms with E-state index in [1.165, 1.54) is 6.07 Å². The Bertz CT molecular complexity index is 796. The van der Waals surface area contributed by atoms with Gasteiger partial charge >= 0.3 is 0 Å². The van der Waals surface area contributed by atoms with E-state index in [-0.39, 0.29) is 5.56 Å². The van der Waals surface area contributed by atoms with Crippen molar-refractivity contribution in [3.63, 3.8) is 0 Å². The van der Waals surface area contributed by atoms with Gasteiger partial charge in [-0.1, -0.05) is 36.4 Å². The Labute approximate surface area is 120 Å². The lowest BCUT2D eigenvalue weighted by molar-refractivity contribution is -0.534. The molecule has 2 N–H and O–H groups in total. The van der Waals surface area contributed by atoms with Crippen LogP contribution in [-0.2, 0) is 10.6 Å². The van der Waals surface area contributed by atoms with Gasteiger partial charge in [-0.3, -0.25) is 4.79 Å². The van der Waals surface area contributed by atoms with Crippen molar-refractivity contribution in [3.05, 3.63) is 59.7 Å². The lowest BCUT2D eigenvalue weighted by Gasteiger charge is -2.34. The number of para-hydroxylation sites is 2. The molecule has 2 aromatic rings. The van der Waals surface area contributed by atoms with Crippen molar-refractivity contribution in [2.75, 3.05) is 5.32 Å². The lowest BCUT2D eigenvalue weighted by atomic mass is 9.95. The van der Waals surface area contributed by atoms with Gasteiger partial charge in [-0.15, -0.1) is 0 Å². The summed E-state index contributed by atoms with van der Waals surface area (Å²) in [5.41, 5.74) is 2.33. The number of carbonyl (C=O) groups excluding carboxylic acids is 1. The molecule has 2 unspecified atom stereocenters. The molecule has 2 heterocycles. The Balaban J connectivity index is 2.01. The van der Waals surface area contributed by atoms with E-state index in [0.717, 1.165) is 11.3 Å². The zero-order valence-corrected chi connectivity index (χ0v) is 10.9. The lowest BCUT2D eigenvalue weighted by Crippen LogP contribution is -2.54. The quantitative estimate of drug-likeness (QED) is 0.695. The number of fused-ring (bicyclic) bond motifs is 4. The second-order valence-corrected chi connectivity index (χ2v) is 5.15. The van der Waals surface area contributed by atoms with Gasteiger partial charge in [0.2, 0.25) is 0 Å². The Morgan fingerprint density at radius 3 is 2.71 bits per heavy atom. The molecule has 5 heteroatoms. The summed E-state index contributed by atoms with van der Waals surface area (Å²) in [6.07, 6.45) is 0. The van der Waals surface area contributed by atoms with E-state index in [1.54, 1.807) is 18.2 Å². The van der Waals surface area contributed by atoms with Crippen LogP contribution in [0.2, 0.25) is 0 Å². The molecule has 2 aromatic carbocycles. The van der Waals surface area contributed by atoms with Gasteiger partial charge in [-0.2, -0.15) is 0 Å². The third-order valence-electron chi connectivity index (χ3n) is 3.88. The van der Waals surface area contributed by atoms with Crippen LogP contribution in [0.4, 0.5) is 11.4 Å². The Hall–Kier alpha value is -2.50. The number of nitrogens with one attached hydrogen (secondary N) is 1. The van der Waals surface area contributed by atoms with Gasteiger partial charge < -0.3 is 15.5 Å². The van der Waals surface area contributed by atoms with Crippen molar-refractivity contribution in [1.29, 1.82) is 0 Å². The number of carbonyl (C=O) groups is 1. The summed E-state index contributed by atoms with van der Waals surface area (Å²) in [6.45, 7) is 0. The van der Waals surface area contributed by atoms with E-state index in [9.17, 15) is 15.0 Å². The zero-order valence-electron chi connectivity index (χ0n) is 10.9. The normalized spacial score (nSPS) is 26.1. The van der Waals surface area contributed by atoms with Crippen LogP contribution in [0.3, 0.4) is 0 Å². The molecule has 2 atom stereocenters. The number of benzene rings is 2. The van der Waals surface area contributed by atoms with Crippen LogP contribution < -0.4 is 10.4 Å². The van der Waals surface area contributed by atoms with E-state index < -0.39 is 17.6 Å². The SMILES string of the molecule is O=C1C2Nc3ccccc3C2=Nc2ccccc2C1([O-])O. The maximum Gasteiger partial charge on any atom is 0.181 e. The fraction of sp³-hybridized carbons (Fsp3) is 0.125. The molecule has 0 fully saturated rings. The second kappa shape index (κ2) is 4.00. The minimum Gasteiger partial charge on any atom is -0.819 e. The second-order valence-electron chi connectivity index (χ2n) is 5.15. The van der Waals surface area contributed by atoms with Gasteiger partial charge in [0.05, 0.1) is 17.2 Å². The summed E-state index contributed by atoms with van der Waals surface area (Å²) in [6, 6.07) is 12.8. The van der Waals surface area contributed by atoms with Crippen molar-refractivity contribution in [2.45, 2.75) is 11.8 Å². The predicted octanol–water partition coefficient (Wildman–Crippen LogP) is 0.690. The van der Waals surface area contributed by atoms with Gasteiger partial charge in [-0.05, 0) is 12.1 Å². The summed E-state index contributed by atoms with van der Waals surface area (Å²) in [7, 11) is 0. The van der Waals surface area contributed by atoms with Crippen molar-refractivity contribution < 1.29 is 15.0 Å². The predicted molar refractivity (Wildman–Crippen MR) is 75.4 cm³/mol. The molecular formula is C16H11N2O3-. The minimum absolute atomic E-state index is 0.00354. The third-order valence-corrected chi connectivity index (χ3v) is 3.88. The number of hydrogen-bond acceptors (Lipinski definition) is 5. The fourth-order valence-electron chi connectivity index (χ4n) is 2.84. The van der Waals surface area contributed by atoms with Crippen molar-refractivity contribution >= 4 is 22.9 Å². The van der Waals surface area contributed by atoms with Gasteiger partial charge in [0.25, 0.3) is 0 Å². The molecule has 0 amide bonds. The molecule has 0 radical (unpaired) electrons. The van der Waals surface area contributed by atoms with E-state index >= 15 is 0 Å². The largest absolute Gasteiger partial charge is 0.819 e. The Morgan fingerprint density at radius 1 is 1.14 bits per heavy atom. The smallest absolute Gasteiger partial charge is 0.181 e. The molecule has 4 rings (SSSR count). The zero-order chi connectivity index (χ0) is 14.6. The highest BCUT2D eigenvalue weighted by Crippen LogP contribution is 2.37. The number of Topliss-reactive ketones (excluding diaryl/α,β-unsaturated/α-hetero) is 1. The van der Waals surface area contributed by atoms with Crippen molar-refractivity contribution in [2.24, 2.45) is 4.99 Å². The molecule has 0 saturated carbocycles. The average Bonchev–Trinajstić information content (AvgIpc) is 2.82. The molecular weight excluding hydrogens is 268 g/mol. The first-order chi connectivity index (χ1) is 10.1. The van der Waals surface area contributed by atoms with Gasteiger partial charge in [0, 0.05) is 16.8 Å². The van der Waals surface area contributed by atoms with Crippen LogP contribution in [0, 0.1) is 0 Å². The summed E-state index contributed by atoms with van der Waals surface area (Å²) >= 11 is 0. The Morgan fingerprint density at radius 2 is 1.86 bits per heavy atom. The highest BCUT2D eigenvalue weighted by molar-refractivity contribution is 6.27. The summed E-state index contributed by atoms with van der Waals surface area (Å²) < 4.78 is 0. The van der Waals surface area contributed by atoms with Gasteiger partial charge in [0.15, 0.2) is 5.78 Å². The summed E-state index contributed by atoms with van der Waals surface area (Å²) in [5, 5.41) is 25.6. The minimum atomic E-state index is -2.80. The summed E-state index contributed by atoms with van der Waals surface area (Å²) in [5.74, 6) is -3.64. The molecule has 0 bridgehead atoms. The molecule has 0 aromatic heterocycles. The first-order valence-corrected chi connectivity index (χ1v) is 6.60. The first kappa shape index (κ1) is 12.3. The Kier molecular flexibility index (Phi) is 2.34. The van der Waals surface area contributed by atoms with Crippen molar-refractivity contribution in [1.82, 2.24) is 0 Å². The number of aliphatic imine (C=N–C) groups is 1. The van der Waals surface area contributed by atoms with Crippen LogP contribution in [0.1, 0.15) is 11.1 Å². The highest BCUT2D eigenvalue weighted by Gasteiger charge is 2.42. The molecule has 2 aliphatic rings. The number of aliphatic hydroxyl groups is 1. The van der Waals surface area contributed by atoms with E-state index in [2.05, 4.69) is 10.3 Å². The number of hydrogen-bond donors (Lipinski definition) is 2. The number of ketones is 1. The van der Waals surface area contributed by atoms with E-state index in [1.807, 2.05) is 24.3 Å². The van der Waals surface area contributed by atoms with Crippen LogP contribution in [-0.4, -0.2) is 22.6 Å². The number of rotatable bonds is 0. The molecule has 2 aliphatic heterocycles. The van der Waals surface area contributed by atoms with Crippen LogP contribution >= 0.6 is 0 Å². The third kappa shape index (κ3) is 1.59. The van der Waals surface area contributed by atoms with Gasteiger partial charge in [-0.25, -0.2) is 4.99 Å². The molecule has 0 saturated heterocycles. The number of anilines is 1. The molecule has 104 valence electrons. The average molecular weight is 279 g/mol. The van der Waals surface area contributed by atoms with Crippen LogP contribution in [0.25, 0.3) is 0 Å². The molecule has 5 nitrogen and oxygen atoms in total.